The van der Waals surface area contributed by atoms with E-state index >= 15 is 0 Å². The smallest absolute Gasteiger partial charge is 0.264 e. The van der Waals surface area contributed by atoms with E-state index in [4.69, 9.17) is 34.8 Å². The Morgan fingerprint density at radius 3 is 2.17 bits per heavy atom. The fourth-order valence-corrected chi connectivity index (χ4v) is 6.24. The van der Waals surface area contributed by atoms with Gasteiger partial charge in [-0.3, -0.25) is 13.9 Å². The largest absolute Gasteiger partial charge is 0.354 e. The van der Waals surface area contributed by atoms with Gasteiger partial charge in [-0.05, 0) is 48.7 Å². The molecule has 3 aromatic rings. The Hall–Kier alpha value is -2.78. The summed E-state index contributed by atoms with van der Waals surface area (Å²) in [6, 6.07) is 18.4. The molecule has 2 amide bonds. The number of nitrogens with one attached hydrogen (secondary N) is 1. The second-order valence-electron chi connectivity index (χ2n) is 9.08. The first kappa shape index (κ1) is 31.7. The fourth-order valence-electron chi connectivity index (χ4n) is 4.15. The van der Waals surface area contributed by atoms with Gasteiger partial charge < -0.3 is 10.2 Å². The Morgan fingerprint density at radius 1 is 0.875 bits per heavy atom. The first-order valence-electron chi connectivity index (χ1n) is 12.9. The van der Waals surface area contributed by atoms with Crippen molar-refractivity contribution in [2.24, 2.45) is 0 Å². The van der Waals surface area contributed by atoms with Crippen LogP contribution in [-0.2, 0) is 26.2 Å². The lowest BCUT2D eigenvalue weighted by Crippen LogP contribution is -2.52. The maximum absolute atomic E-state index is 14.1. The quantitative estimate of drug-likeness (QED) is 0.218. The van der Waals surface area contributed by atoms with Crippen molar-refractivity contribution in [2.45, 2.75) is 50.6 Å². The molecule has 0 saturated heterocycles. The molecule has 1 atom stereocenters. The zero-order valence-corrected chi connectivity index (χ0v) is 25.4. The summed E-state index contributed by atoms with van der Waals surface area (Å²) < 4.78 is 28.7. The maximum atomic E-state index is 14.1. The number of nitrogens with zero attached hydrogens (tertiary/aromatic N) is 2. The van der Waals surface area contributed by atoms with Crippen molar-refractivity contribution < 1.29 is 18.0 Å². The summed E-state index contributed by atoms with van der Waals surface area (Å²) in [5.74, 6) is -0.928. The average Bonchev–Trinajstić information content (AvgIpc) is 2.94. The third-order valence-electron chi connectivity index (χ3n) is 6.32. The summed E-state index contributed by atoms with van der Waals surface area (Å²) in [5.41, 5.74) is 0.667. The number of halogens is 3. The molecule has 40 heavy (non-hydrogen) atoms. The van der Waals surface area contributed by atoms with E-state index in [0.29, 0.717) is 23.6 Å². The van der Waals surface area contributed by atoms with Gasteiger partial charge in [-0.15, -0.1) is 0 Å². The van der Waals surface area contributed by atoms with Gasteiger partial charge in [0.25, 0.3) is 10.0 Å². The number of hydrogen-bond acceptors (Lipinski definition) is 4. The maximum Gasteiger partial charge on any atom is 0.264 e. The molecule has 3 aromatic carbocycles. The van der Waals surface area contributed by atoms with E-state index in [2.05, 4.69) is 5.32 Å². The van der Waals surface area contributed by atoms with Crippen LogP contribution in [-0.4, -0.2) is 44.3 Å². The molecule has 0 fully saturated rings. The fraction of sp³-hybridized carbons (Fsp3) is 0.310. The zero-order valence-electron chi connectivity index (χ0n) is 22.3. The molecule has 1 unspecified atom stereocenters. The number of carbonyl (C=O) groups is 2. The molecular weight excluding hydrogens is 593 g/mol. The van der Waals surface area contributed by atoms with Gasteiger partial charge in [0.05, 0.1) is 20.6 Å². The second-order valence-corrected chi connectivity index (χ2v) is 12.1. The molecule has 0 aliphatic heterocycles. The Kier molecular flexibility index (Phi) is 11.7. The van der Waals surface area contributed by atoms with Crippen molar-refractivity contribution in [1.82, 2.24) is 10.2 Å². The van der Waals surface area contributed by atoms with Gasteiger partial charge in [-0.25, -0.2) is 8.42 Å². The van der Waals surface area contributed by atoms with Gasteiger partial charge in [-0.2, -0.15) is 0 Å². The number of sulfonamides is 1. The summed E-state index contributed by atoms with van der Waals surface area (Å²) in [6.07, 6.45) is 1.99. The molecule has 0 bridgehead atoms. The van der Waals surface area contributed by atoms with Crippen molar-refractivity contribution >= 4 is 62.3 Å². The first-order valence-corrected chi connectivity index (χ1v) is 15.5. The minimum absolute atomic E-state index is 0.000708. The minimum Gasteiger partial charge on any atom is -0.354 e. The zero-order chi connectivity index (χ0) is 29.3. The summed E-state index contributed by atoms with van der Waals surface area (Å²) in [4.78, 5) is 28.6. The monoisotopic (exact) mass is 623 g/mol. The predicted octanol–water partition coefficient (Wildman–Crippen LogP) is 6.57. The van der Waals surface area contributed by atoms with Crippen molar-refractivity contribution in [3.05, 3.63) is 93.4 Å². The van der Waals surface area contributed by atoms with Crippen LogP contribution in [0.4, 0.5) is 5.69 Å². The molecule has 0 aromatic heterocycles. The first-order chi connectivity index (χ1) is 19.1. The molecule has 0 spiro atoms. The Labute approximate surface area is 251 Å². The molecule has 214 valence electrons. The van der Waals surface area contributed by atoms with Crippen LogP contribution in [0.15, 0.2) is 77.7 Å². The van der Waals surface area contributed by atoms with Crippen LogP contribution < -0.4 is 9.62 Å². The van der Waals surface area contributed by atoms with E-state index in [1.54, 1.807) is 55.5 Å². The molecule has 3 rings (SSSR count). The van der Waals surface area contributed by atoms with Crippen LogP contribution in [0, 0.1) is 0 Å². The normalized spacial score (nSPS) is 12.0. The van der Waals surface area contributed by atoms with E-state index in [9.17, 15) is 18.0 Å². The van der Waals surface area contributed by atoms with Gasteiger partial charge in [0.1, 0.15) is 12.6 Å². The lowest BCUT2D eigenvalue weighted by molar-refractivity contribution is -0.140. The van der Waals surface area contributed by atoms with Gasteiger partial charge in [0, 0.05) is 18.1 Å². The Bertz CT molecular complexity index is 1420. The van der Waals surface area contributed by atoms with E-state index in [0.717, 1.165) is 17.1 Å². The van der Waals surface area contributed by atoms with Crippen molar-refractivity contribution in [2.75, 3.05) is 17.4 Å². The highest BCUT2D eigenvalue weighted by Gasteiger charge is 2.34. The van der Waals surface area contributed by atoms with E-state index in [-0.39, 0.29) is 33.1 Å². The SMILES string of the molecule is CCCCNC(=O)C(CC)N(Cc1ccccc1Cl)C(=O)CN(c1cccc(Cl)c1Cl)S(=O)(=O)c1ccccc1. The number of amides is 2. The van der Waals surface area contributed by atoms with Crippen molar-refractivity contribution in [1.29, 1.82) is 0 Å². The second kappa shape index (κ2) is 14.7. The number of anilines is 1. The topological polar surface area (TPSA) is 86.8 Å². The van der Waals surface area contributed by atoms with E-state index < -0.39 is 28.5 Å². The van der Waals surface area contributed by atoms with Gasteiger partial charge in [0.2, 0.25) is 11.8 Å². The van der Waals surface area contributed by atoms with Crippen molar-refractivity contribution in [3.8, 4) is 0 Å². The lowest BCUT2D eigenvalue weighted by Gasteiger charge is -2.33. The molecule has 0 aliphatic carbocycles. The highest BCUT2D eigenvalue weighted by Crippen LogP contribution is 2.35. The molecule has 0 radical (unpaired) electrons. The van der Waals surface area contributed by atoms with Crippen LogP contribution in [0.1, 0.15) is 38.7 Å². The number of benzene rings is 3. The molecule has 0 aliphatic rings. The van der Waals surface area contributed by atoms with Crippen LogP contribution >= 0.6 is 34.8 Å². The molecule has 0 saturated carbocycles. The number of carbonyl (C=O) groups excluding carboxylic acids is 2. The minimum atomic E-state index is -4.26. The third kappa shape index (κ3) is 7.69. The highest BCUT2D eigenvalue weighted by molar-refractivity contribution is 7.92. The lowest BCUT2D eigenvalue weighted by atomic mass is 10.1. The summed E-state index contributed by atoms with van der Waals surface area (Å²) in [7, 11) is -4.26. The van der Waals surface area contributed by atoms with Gasteiger partial charge in [0.15, 0.2) is 0 Å². The van der Waals surface area contributed by atoms with Crippen LogP contribution in [0.5, 0.6) is 0 Å². The number of unbranched alkanes of at least 4 members (excludes halogenated alkanes) is 1. The molecule has 0 heterocycles. The summed E-state index contributed by atoms with van der Waals surface area (Å²) in [6.45, 7) is 3.65. The van der Waals surface area contributed by atoms with Crippen molar-refractivity contribution in [3.63, 3.8) is 0 Å². The molecule has 7 nitrogen and oxygen atoms in total. The van der Waals surface area contributed by atoms with E-state index in [1.165, 1.54) is 29.2 Å². The number of rotatable bonds is 13. The Balaban J connectivity index is 2.08. The van der Waals surface area contributed by atoms with Gasteiger partial charge in [-0.1, -0.05) is 97.5 Å². The van der Waals surface area contributed by atoms with E-state index in [1.807, 2.05) is 6.92 Å². The summed E-state index contributed by atoms with van der Waals surface area (Å²) >= 11 is 19.1. The Morgan fingerprint density at radius 2 is 1.52 bits per heavy atom. The highest BCUT2D eigenvalue weighted by atomic mass is 35.5. The molecule has 1 N–H and O–H groups in total. The summed E-state index contributed by atoms with van der Waals surface area (Å²) in [5, 5.41) is 3.43. The standard InChI is InChI=1S/C29H32Cl3N3O4S/c1-3-5-18-33-29(37)25(4-2)34(19-21-12-9-10-15-23(21)30)27(36)20-35(26-17-11-16-24(31)28(26)32)40(38,39)22-13-7-6-8-14-22/h6-17,25H,3-5,18-20H2,1-2H3,(H,33,37). The predicted molar refractivity (Wildman–Crippen MR) is 161 cm³/mol. The third-order valence-corrected chi connectivity index (χ3v) is 9.28. The van der Waals surface area contributed by atoms with Crippen LogP contribution in [0.3, 0.4) is 0 Å². The molecular formula is C29H32Cl3N3O4S. The number of hydrogen-bond donors (Lipinski definition) is 1. The molecule has 11 heteroatoms. The van der Waals surface area contributed by atoms with Crippen LogP contribution in [0.2, 0.25) is 15.1 Å². The van der Waals surface area contributed by atoms with Gasteiger partial charge >= 0.3 is 0 Å². The van der Waals surface area contributed by atoms with Crippen LogP contribution in [0.25, 0.3) is 0 Å². The average molecular weight is 625 g/mol.